The number of fused-ring (bicyclic) bond motifs is 1. The van der Waals surface area contributed by atoms with E-state index in [0.29, 0.717) is 12.3 Å². The van der Waals surface area contributed by atoms with Crippen LogP contribution in [0.5, 0.6) is 0 Å². The van der Waals surface area contributed by atoms with Crippen molar-refractivity contribution in [2.75, 3.05) is 0 Å². The maximum atomic E-state index is 14.2. The molecule has 2 aromatic carbocycles. The number of amides is 2. The van der Waals surface area contributed by atoms with Gasteiger partial charge in [0.05, 0.1) is 18.2 Å². The molecule has 0 spiro atoms. The number of H-pyrrole nitrogens is 1. The standard InChI is InChI=1S/C33H38N4O2/c1-23-12-6-7-15-25(23)20-30(38)37-33(2,21-26-22-35-28-17-9-8-16-27(26)28)32(39)36-31(24-13-4-3-5-14-24)29-18-10-11-19-34-29/h6-12,15-19,22,24,31,35H,3-5,13-14,20-21H2,1-2H3,(H,36,39)(H,37,38). The van der Waals surface area contributed by atoms with Crippen molar-refractivity contribution in [2.24, 2.45) is 5.92 Å². The molecular weight excluding hydrogens is 484 g/mol. The fraction of sp³-hybridized carbons (Fsp3) is 0.364. The molecule has 0 radical (unpaired) electrons. The number of pyridine rings is 1. The summed E-state index contributed by atoms with van der Waals surface area (Å²) in [6, 6.07) is 21.6. The van der Waals surface area contributed by atoms with Crippen molar-refractivity contribution in [3.63, 3.8) is 0 Å². The van der Waals surface area contributed by atoms with Gasteiger partial charge in [-0.25, -0.2) is 0 Å². The molecule has 2 atom stereocenters. The van der Waals surface area contributed by atoms with Crippen molar-refractivity contribution < 1.29 is 9.59 Å². The Balaban J connectivity index is 1.45. The number of hydrogen-bond acceptors (Lipinski definition) is 3. The van der Waals surface area contributed by atoms with E-state index in [1.807, 2.05) is 86.8 Å². The van der Waals surface area contributed by atoms with Crippen molar-refractivity contribution in [1.82, 2.24) is 20.6 Å². The summed E-state index contributed by atoms with van der Waals surface area (Å²) in [6.45, 7) is 3.85. The highest BCUT2D eigenvalue weighted by Crippen LogP contribution is 2.34. The van der Waals surface area contributed by atoms with Crippen molar-refractivity contribution >= 4 is 22.7 Å². The van der Waals surface area contributed by atoms with Gasteiger partial charge < -0.3 is 15.6 Å². The number of aromatic nitrogens is 2. The Kier molecular flexibility index (Phi) is 8.10. The number of nitrogens with zero attached hydrogens (tertiary/aromatic N) is 1. The first kappa shape index (κ1) is 26.7. The van der Waals surface area contributed by atoms with Gasteiger partial charge in [-0.05, 0) is 67.5 Å². The van der Waals surface area contributed by atoms with Crippen LogP contribution in [0.25, 0.3) is 10.9 Å². The normalized spacial score (nSPS) is 16.4. The van der Waals surface area contributed by atoms with Crippen LogP contribution < -0.4 is 10.6 Å². The zero-order valence-corrected chi connectivity index (χ0v) is 22.9. The third-order valence-corrected chi connectivity index (χ3v) is 8.16. The number of hydrogen-bond donors (Lipinski definition) is 3. The van der Waals surface area contributed by atoms with Crippen LogP contribution >= 0.6 is 0 Å². The molecule has 0 bridgehead atoms. The average molecular weight is 523 g/mol. The van der Waals surface area contributed by atoms with Crippen LogP contribution in [-0.2, 0) is 22.4 Å². The Morgan fingerprint density at radius 2 is 1.72 bits per heavy atom. The van der Waals surface area contributed by atoms with E-state index in [0.717, 1.165) is 59.0 Å². The van der Waals surface area contributed by atoms with Gasteiger partial charge in [0.15, 0.2) is 0 Å². The maximum Gasteiger partial charge on any atom is 0.246 e. The third kappa shape index (κ3) is 6.22. The number of rotatable bonds is 9. The monoisotopic (exact) mass is 522 g/mol. The van der Waals surface area contributed by atoms with Gasteiger partial charge in [-0.3, -0.25) is 14.6 Å². The molecule has 6 heteroatoms. The largest absolute Gasteiger partial charge is 0.361 e. The first-order valence-corrected chi connectivity index (χ1v) is 14.1. The van der Waals surface area contributed by atoms with E-state index < -0.39 is 5.54 Å². The third-order valence-electron chi connectivity index (χ3n) is 8.16. The van der Waals surface area contributed by atoms with E-state index in [2.05, 4.69) is 20.6 Å². The minimum atomic E-state index is -1.16. The Bertz CT molecular complexity index is 1420. The highest BCUT2D eigenvalue weighted by molar-refractivity contribution is 5.93. The molecule has 39 heavy (non-hydrogen) atoms. The summed E-state index contributed by atoms with van der Waals surface area (Å²) in [5.74, 6) is -0.0430. The lowest BCUT2D eigenvalue weighted by atomic mass is 9.81. The summed E-state index contributed by atoms with van der Waals surface area (Å²) in [7, 11) is 0. The second-order valence-electron chi connectivity index (χ2n) is 11.1. The molecule has 4 aromatic rings. The topological polar surface area (TPSA) is 86.9 Å². The van der Waals surface area contributed by atoms with Gasteiger partial charge in [-0.2, -0.15) is 0 Å². The number of aryl methyl sites for hydroxylation is 1. The second-order valence-corrected chi connectivity index (χ2v) is 11.1. The molecule has 3 N–H and O–H groups in total. The van der Waals surface area contributed by atoms with E-state index in [9.17, 15) is 9.59 Å². The number of carbonyl (C=O) groups is 2. The molecule has 5 rings (SSSR count). The molecule has 1 aliphatic carbocycles. The minimum Gasteiger partial charge on any atom is -0.361 e. The first-order chi connectivity index (χ1) is 18.9. The molecule has 202 valence electrons. The molecule has 1 aliphatic rings. The molecule has 2 heterocycles. The molecular formula is C33H38N4O2. The van der Waals surface area contributed by atoms with Crippen molar-refractivity contribution in [3.05, 3.63) is 102 Å². The Labute approximate surface area is 230 Å². The number of aromatic amines is 1. The molecule has 6 nitrogen and oxygen atoms in total. The highest BCUT2D eigenvalue weighted by Gasteiger charge is 2.39. The molecule has 0 aliphatic heterocycles. The number of benzene rings is 2. The van der Waals surface area contributed by atoms with Gasteiger partial charge in [-0.15, -0.1) is 0 Å². The van der Waals surface area contributed by atoms with Crippen LogP contribution in [0, 0.1) is 12.8 Å². The smallest absolute Gasteiger partial charge is 0.246 e. The quantitative estimate of drug-likeness (QED) is 0.253. The van der Waals surface area contributed by atoms with Crippen LogP contribution in [-0.4, -0.2) is 27.3 Å². The van der Waals surface area contributed by atoms with Crippen LogP contribution in [0.2, 0.25) is 0 Å². The summed E-state index contributed by atoms with van der Waals surface area (Å²) >= 11 is 0. The SMILES string of the molecule is Cc1ccccc1CC(=O)NC(C)(Cc1c[nH]c2ccccc12)C(=O)NC(c1ccccn1)C1CCCCC1. The molecule has 1 saturated carbocycles. The van der Waals surface area contributed by atoms with E-state index in [-0.39, 0.29) is 24.3 Å². The van der Waals surface area contributed by atoms with Crippen molar-refractivity contribution in [1.29, 1.82) is 0 Å². The molecule has 2 amide bonds. The second kappa shape index (κ2) is 11.9. The average Bonchev–Trinajstić information content (AvgIpc) is 3.36. The molecule has 0 saturated heterocycles. The van der Waals surface area contributed by atoms with Gasteiger partial charge in [0.2, 0.25) is 11.8 Å². The van der Waals surface area contributed by atoms with Crippen LogP contribution in [0.15, 0.2) is 79.1 Å². The van der Waals surface area contributed by atoms with Crippen LogP contribution in [0.1, 0.15) is 67.5 Å². The number of carbonyl (C=O) groups excluding carboxylic acids is 2. The van der Waals surface area contributed by atoms with Gasteiger partial charge in [0, 0.05) is 29.7 Å². The van der Waals surface area contributed by atoms with E-state index >= 15 is 0 Å². The van der Waals surface area contributed by atoms with Crippen LogP contribution in [0.4, 0.5) is 0 Å². The van der Waals surface area contributed by atoms with Crippen molar-refractivity contribution in [3.8, 4) is 0 Å². The van der Waals surface area contributed by atoms with E-state index in [4.69, 9.17) is 0 Å². The maximum absolute atomic E-state index is 14.2. The number of nitrogens with one attached hydrogen (secondary N) is 3. The molecule has 2 aromatic heterocycles. The summed E-state index contributed by atoms with van der Waals surface area (Å²) in [5, 5.41) is 7.56. The summed E-state index contributed by atoms with van der Waals surface area (Å²) < 4.78 is 0. The minimum absolute atomic E-state index is 0.172. The summed E-state index contributed by atoms with van der Waals surface area (Å²) in [6.07, 6.45) is 9.96. The zero-order valence-electron chi connectivity index (χ0n) is 22.9. The number of para-hydroxylation sites is 1. The lowest BCUT2D eigenvalue weighted by molar-refractivity contribution is -0.133. The Morgan fingerprint density at radius 1 is 0.974 bits per heavy atom. The lowest BCUT2D eigenvalue weighted by Gasteiger charge is -2.35. The van der Waals surface area contributed by atoms with E-state index in [1.165, 1.54) is 6.42 Å². The van der Waals surface area contributed by atoms with Gasteiger partial charge >= 0.3 is 0 Å². The Morgan fingerprint density at radius 3 is 2.49 bits per heavy atom. The van der Waals surface area contributed by atoms with Gasteiger partial charge in [0.1, 0.15) is 5.54 Å². The summed E-state index contributed by atoms with van der Waals surface area (Å²) in [5.41, 5.74) is 3.73. The van der Waals surface area contributed by atoms with Gasteiger partial charge in [-0.1, -0.05) is 67.8 Å². The van der Waals surface area contributed by atoms with Crippen LogP contribution in [0.3, 0.4) is 0 Å². The van der Waals surface area contributed by atoms with Gasteiger partial charge in [0.25, 0.3) is 0 Å². The zero-order chi connectivity index (χ0) is 27.2. The van der Waals surface area contributed by atoms with Crippen molar-refractivity contribution in [2.45, 2.75) is 70.4 Å². The predicted molar refractivity (Wildman–Crippen MR) is 155 cm³/mol. The fourth-order valence-corrected chi connectivity index (χ4v) is 5.93. The predicted octanol–water partition coefficient (Wildman–Crippen LogP) is 5.97. The fourth-order valence-electron chi connectivity index (χ4n) is 5.93. The summed E-state index contributed by atoms with van der Waals surface area (Å²) in [4.78, 5) is 35.6. The lowest BCUT2D eigenvalue weighted by Crippen LogP contribution is -2.59. The van der Waals surface area contributed by atoms with E-state index in [1.54, 1.807) is 6.20 Å². The first-order valence-electron chi connectivity index (χ1n) is 14.1. The molecule has 1 fully saturated rings. The Hall–Kier alpha value is -3.93. The highest BCUT2D eigenvalue weighted by atomic mass is 16.2. The molecule has 2 unspecified atom stereocenters.